The fraction of sp³-hybridized carbons (Fsp3) is 0.176. The van der Waals surface area contributed by atoms with Crippen LogP contribution in [0, 0.1) is 6.92 Å². The highest BCUT2D eigenvalue weighted by atomic mass is 16.2. The first-order chi connectivity index (χ1) is 11.6. The number of benzene rings is 1. The van der Waals surface area contributed by atoms with E-state index >= 15 is 0 Å². The van der Waals surface area contributed by atoms with E-state index in [4.69, 9.17) is 0 Å². The summed E-state index contributed by atoms with van der Waals surface area (Å²) in [4.78, 5) is 24.7. The zero-order chi connectivity index (χ0) is 16.9. The Kier molecular flexibility index (Phi) is 4.51. The molecule has 2 N–H and O–H groups in total. The molecule has 1 aromatic carbocycles. The van der Waals surface area contributed by atoms with Gasteiger partial charge in [0.05, 0.1) is 6.20 Å². The molecule has 2 amide bonds. The van der Waals surface area contributed by atoms with Crippen molar-refractivity contribution in [1.82, 2.24) is 24.8 Å². The highest BCUT2D eigenvalue weighted by Gasteiger charge is 2.21. The Morgan fingerprint density at radius 2 is 2.08 bits per heavy atom. The minimum atomic E-state index is -0.374. The highest BCUT2D eigenvalue weighted by molar-refractivity contribution is 5.88. The van der Waals surface area contributed by atoms with Crippen molar-refractivity contribution in [2.75, 3.05) is 5.32 Å². The summed E-state index contributed by atoms with van der Waals surface area (Å²) in [6.07, 6.45) is 8.11. The molecule has 0 aliphatic rings. The van der Waals surface area contributed by atoms with Gasteiger partial charge in [0.2, 0.25) is 0 Å². The number of aryl methyl sites for hydroxylation is 2. The molecule has 3 rings (SSSR count). The molecule has 2 aromatic heterocycles. The molecule has 2 heterocycles. The molecule has 0 spiro atoms. The number of aromatic nitrogens is 4. The molecule has 7 heteroatoms. The number of carbonyl (C=O) groups is 1. The number of anilines is 1. The van der Waals surface area contributed by atoms with Crippen molar-refractivity contribution in [3.05, 3.63) is 72.2 Å². The molecule has 0 aliphatic heterocycles. The number of hydrogen-bond donors (Lipinski definition) is 2. The summed E-state index contributed by atoms with van der Waals surface area (Å²) < 4.78 is 1.88. The summed E-state index contributed by atoms with van der Waals surface area (Å²) in [7, 11) is 1.90. The molecule has 3 aromatic rings. The number of carbonyl (C=O) groups excluding carboxylic acids is 1. The molecule has 0 aliphatic carbocycles. The number of rotatable bonds is 4. The van der Waals surface area contributed by atoms with Gasteiger partial charge in [-0.3, -0.25) is 10.3 Å². The molecule has 1 unspecified atom stereocenters. The first-order valence-electron chi connectivity index (χ1n) is 7.51. The Labute approximate surface area is 139 Å². The van der Waals surface area contributed by atoms with E-state index in [2.05, 4.69) is 25.6 Å². The Morgan fingerprint density at radius 3 is 2.75 bits per heavy atom. The molecular formula is C17H18N6O. The van der Waals surface area contributed by atoms with Crippen LogP contribution in [0.25, 0.3) is 0 Å². The van der Waals surface area contributed by atoms with Crippen LogP contribution in [0.4, 0.5) is 10.6 Å². The van der Waals surface area contributed by atoms with Crippen LogP contribution in [0.3, 0.4) is 0 Å². The second-order valence-corrected chi connectivity index (χ2v) is 5.43. The van der Waals surface area contributed by atoms with E-state index in [-0.39, 0.29) is 12.1 Å². The van der Waals surface area contributed by atoms with Crippen LogP contribution in [0.15, 0.2) is 55.2 Å². The van der Waals surface area contributed by atoms with Crippen molar-refractivity contribution in [2.45, 2.75) is 13.0 Å². The third kappa shape index (κ3) is 3.57. The Hall–Kier alpha value is -3.22. The lowest BCUT2D eigenvalue weighted by molar-refractivity contribution is 0.249. The standard InChI is InChI=1S/C17H18N6O/c1-12-4-3-5-13(10-12)15(16-20-8-9-23(16)2)22-17(24)21-14-11-18-6-7-19-14/h3-11,15H,1-2H3,(H2,19,21,22,24). The van der Waals surface area contributed by atoms with Gasteiger partial charge in [-0.05, 0) is 12.5 Å². The molecule has 1 atom stereocenters. The highest BCUT2D eigenvalue weighted by Crippen LogP contribution is 2.21. The molecule has 0 bridgehead atoms. The van der Waals surface area contributed by atoms with E-state index in [1.54, 1.807) is 12.4 Å². The van der Waals surface area contributed by atoms with Crippen molar-refractivity contribution in [3.8, 4) is 0 Å². The van der Waals surface area contributed by atoms with E-state index in [9.17, 15) is 4.79 Å². The number of hydrogen-bond acceptors (Lipinski definition) is 4. The molecule has 0 fully saturated rings. The SMILES string of the molecule is Cc1cccc(C(NC(=O)Nc2cnccn2)c2nccn2C)c1. The number of nitrogens with zero attached hydrogens (tertiary/aromatic N) is 4. The van der Waals surface area contributed by atoms with Gasteiger partial charge >= 0.3 is 6.03 Å². The van der Waals surface area contributed by atoms with Gasteiger partial charge in [0.1, 0.15) is 11.9 Å². The monoisotopic (exact) mass is 322 g/mol. The zero-order valence-corrected chi connectivity index (χ0v) is 13.5. The first-order valence-corrected chi connectivity index (χ1v) is 7.51. The van der Waals surface area contributed by atoms with Crippen LogP contribution in [-0.2, 0) is 7.05 Å². The van der Waals surface area contributed by atoms with Gasteiger partial charge < -0.3 is 9.88 Å². The van der Waals surface area contributed by atoms with Crippen LogP contribution in [0.2, 0.25) is 0 Å². The average Bonchev–Trinajstić information content (AvgIpc) is 2.99. The first kappa shape index (κ1) is 15.7. The molecule has 7 nitrogen and oxygen atoms in total. The van der Waals surface area contributed by atoms with E-state index in [1.807, 2.05) is 49.0 Å². The van der Waals surface area contributed by atoms with Crippen LogP contribution in [0.1, 0.15) is 23.0 Å². The molecule has 122 valence electrons. The van der Waals surface area contributed by atoms with Crippen LogP contribution in [-0.4, -0.2) is 25.6 Å². The van der Waals surface area contributed by atoms with Gasteiger partial charge in [0.25, 0.3) is 0 Å². The fourth-order valence-electron chi connectivity index (χ4n) is 2.45. The maximum atomic E-state index is 12.4. The summed E-state index contributed by atoms with van der Waals surface area (Å²) in [5.41, 5.74) is 2.07. The van der Waals surface area contributed by atoms with Crippen LogP contribution < -0.4 is 10.6 Å². The van der Waals surface area contributed by atoms with Crippen molar-refractivity contribution in [1.29, 1.82) is 0 Å². The number of urea groups is 1. The molecule has 0 saturated carbocycles. The number of imidazole rings is 1. The van der Waals surface area contributed by atoms with Gasteiger partial charge in [-0.2, -0.15) is 0 Å². The van der Waals surface area contributed by atoms with E-state index < -0.39 is 0 Å². The van der Waals surface area contributed by atoms with E-state index in [0.29, 0.717) is 5.82 Å². The van der Waals surface area contributed by atoms with Crippen molar-refractivity contribution >= 4 is 11.8 Å². The minimum Gasteiger partial charge on any atom is -0.336 e. The molecule has 0 saturated heterocycles. The van der Waals surface area contributed by atoms with Gasteiger partial charge in [-0.1, -0.05) is 29.8 Å². The minimum absolute atomic E-state index is 0.370. The maximum absolute atomic E-state index is 12.4. The Balaban J connectivity index is 1.85. The summed E-state index contributed by atoms with van der Waals surface area (Å²) in [6, 6.07) is 7.23. The summed E-state index contributed by atoms with van der Waals surface area (Å²) >= 11 is 0. The predicted octanol–water partition coefficient (Wildman–Crippen LogP) is 2.43. The smallest absolute Gasteiger partial charge is 0.321 e. The zero-order valence-electron chi connectivity index (χ0n) is 13.5. The van der Waals surface area contributed by atoms with Gasteiger partial charge in [0, 0.05) is 31.8 Å². The van der Waals surface area contributed by atoms with Crippen molar-refractivity contribution < 1.29 is 4.79 Å². The third-order valence-electron chi connectivity index (χ3n) is 3.57. The van der Waals surface area contributed by atoms with Crippen molar-refractivity contribution in [2.24, 2.45) is 7.05 Å². The molecule has 0 radical (unpaired) electrons. The maximum Gasteiger partial charge on any atom is 0.321 e. The van der Waals surface area contributed by atoms with Crippen LogP contribution in [0.5, 0.6) is 0 Å². The summed E-state index contributed by atoms with van der Waals surface area (Å²) in [5.74, 6) is 1.13. The van der Waals surface area contributed by atoms with Gasteiger partial charge in [-0.15, -0.1) is 0 Å². The second-order valence-electron chi connectivity index (χ2n) is 5.43. The topological polar surface area (TPSA) is 84.7 Å². The largest absolute Gasteiger partial charge is 0.336 e. The lowest BCUT2D eigenvalue weighted by Crippen LogP contribution is -2.34. The molecular weight excluding hydrogens is 304 g/mol. The van der Waals surface area contributed by atoms with E-state index in [0.717, 1.165) is 17.0 Å². The average molecular weight is 322 g/mol. The van der Waals surface area contributed by atoms with Crippen LogP contribution >= 0.6 is 0 Å². The second kappa shape index (κ2) is 6.91. The molecule has 24 heavy (non-hydrogen) atoms. The third-order valence-corrected chi connectivity index (χ3v) is 3.57. The fourth-order valence-corrected chi connectivity index (χ4v) is 2.45. The Bertz CT molecular complexity index is 830. The number of amides is 2. The summed E-state index contributed by atoms with van der Waals surface area (Å²) in [5, 5.41) is 5.63. The lowest BCUT2D eigenvalue weighted by atomic mass is 10.0. The predicted molar refractivity (Wildman–Crippen MR) is 90.4 cm³/mol. The quantitative estimate of drug-likeness (QED) is 0.772. The van der Waals surface area contributed by atoms with Gasteiger partial charge in [-0.25, -0.2) is 14.8 Å². The number of nitrogens with one attached hydrogen (secondary N) is 2. The van der Waals surface area contributed by atoms with Crippen molar-refractivity contribution in [3.63, 3.8) is 0 Å². The normalized spacial score (nSPS) is 11.8. The van der Waals surface area contributed by atoms with E-state index in [1.165, 1.54) is 12.4 Å². The summed E-state index contributed by atoms with van der Waals surface area (Å²) in [6.45, 7) is 2.01. The van der Waals surface area contributed by atoms with Gasteiger partial charge in [0.15, 0.2) is 5.82 Å². The lowest BCUT2D eigenvalue weighted by Gasteiger charge is -2.19. The Morgan fingerprint density at radius 1 is 1.21 bits per heavy atom.